The Labute approximate surface area is 159 Å². The molecule has 4 rings (SSSR count). The third kappa shape index (κ3) is 3.56. The van der Waals surface area contributed by atoms with Crippen LogP contribution >= 0.6 is 0 Å². The summed E-state index contributed by atoms with van der Waals surface area (Å²) in [7, 11) is 4.06. The minimum Gasteiger partial charge on any atom is -0.378 e. The molecule has 4 heteroatoms. The number of anilines is 2. The van der Waals surface area contributed by atoms with E-state index in [0.717, 1.165) is 34.6 Å². The summed E-state index contributed by atoms with van der Waals surface area (Å²) in [6.45, 7) is 0. The Morgan fingerprint density at radius 1 is 0.889 bits per heavy atom. The molecule has 3 nitrogen and oxygen atoms in total. The second-order valence-electron chi connectivity index (χ2n) is 6.94. The molecule has 136 valence electrons. The molecule has 0 aliphatic carbocycles. The fourth-order valence-electron chi connectivity index (χ4n) is 3.40. The molecule has 3 aromatic rings. The first-order valence-electron chi connectivity index (χ1n) is 9.07. The molecule has 1 atom stereocenters. The zero-order valence-electron chi connectivity index (χ0n) is 15.5. The summed E-state index contributed by atoms with van der Waals surface area (Å²) in [5, 5.41) is 6.97. The normalized spacial score (nSPS) is 16.3. The van der Waals surface area contributed by atoms with E-state index in [1.54, 1.807) is 0 Å². The molecule has 0 aromatic heterocycles. The zero-order chi connectivity index (χ0) is 18.8. The van der Waals surface area contributed by atoms with E-state index in [9.17, 15) is 4.39 Å². The highest BCUT2D eigenvalue weighted by Crippen LogP contribution is 2.36. The lowest BCUT2D eigenvalue weighted by Gasteiger charge is -2.23. The Bertz CT molecular complexity index is 932. The third-order valence-electron chi connectivity index (χ3n) is 4.90. The van der Waals surface area contributed by atoms with Crippen molar-refractivity contribution < 1.29 is 4.39 Å². The Hall–Kier alpha value is -3.14. The van der Waals surface area contributed by atoms with Crippen molar-refractivity contribution >= 4 is 17.1 Å². The van der Waals surface area contributed by atoms with E-state index >= 15 is 0 Å². The predicted octanol–water partition coefficient (Wildman–Crippen LogP) is 5.25. The van der Waals surface area contributed by atoms with Crippen LogP contribution < -0.4 is 9.91 Å². The van der Waals surface area contributed by atoms with Crippen LogP contribution in [0.3, 0.4) is 0 Å². The molecular formula is C23H22FN3. The fourth-order valence-corrected chi connectivity index (χ4v) is 3.40. The maximum absolute atomic E-state index is 13.4. The lowest BCUT2D eigenvalue weighted by molar-refractivity contribution is 0.624. The van der Waals surface area contributed by atoms with E-state index in [1.165, 1.54) is 12.1 Å². The summed E-state index contributed by atoms with van der Waals surface area (Å²) in [6, 6.07) is 25.4. The molecule has 0 fully saturated rings. The van der Waals surface area contributed by atoms with Gasteiger partial charge in [0.15, 0.2) is 0 Å². The molecule has 1 heterocycles. The van der Waals surface area contributed by atoms with Crippen LogP contribution in [0.1, 0.15) is 23.6 Å². The van der Waals surface area contributed by atoms with E-state index in [0.29, 0.717) is 0 Å². The van der Waals surface area contributed by atoms with Gasteiger partial charge >= 0.3 is 0 Å². The van der Waals surface area contributed by atoms with Crippen LogP contribution in [-0.4, -0.2) is 19.8 Å². The van der Waals surface area contributed by atoms with E-state index in [1.807, 2.05) is 49.4 Å². The van der Waals surface area contributed by atoms with Gasteiger partial charge in [0, 0.05) is 26.2 Å². The SMILES string of the molecule is CN(C)c1ccc(C2=NN(c3ccccc3)[C@@H](c3ccc(F)cc3)C2)cc1. The van der Waals surface area contributed by atoms with Crippen molar-refractivity contribution in [1.82, 2.24) is 0 Å². The predicted molar refractivity (Wildman–Crippen MR) is 110 cm³/mol. The van der Waals surface area contributed by atoms with E-state index in [4.69, 9.17) is 5.10 Å². The maximum Gasteiger partial charge on any atom is 0.123 e. The molecule has 0 amide bonds. The average Bonchev–Trinajstić information content (AvgIpc) is 3.15. The van der Waals surface area contributed by atoms with Crippen molar-refractivity contribution in [3.8, 4) is 0 Å². The van der Waals surface area contributed by atoms with Crippen molar-refractivity contribution in [3.05, 3.63) is 95.8 Å². The van der Waals surface area contributed by atoms with Gasteiger partial charge in [-0.1, -0.05) is 42.5 Å². The maximum atomic E-state index is 13.4. The lowest BCUT2D eigenvalue weighted by Crippen LogP contribution is -2.18. The second-order valence-corrected chi connectivity index (χ2v) is 6.94. The smallest absolute Gasteiger partial charge is 0.123 e. The standard InChI is InChI=1S/C23H22FN3/c1-26(2)20-14-10-17(11-15-20)22-16-23(18-8-12-19(24)13-9-18)27(25-22)21-6-4-3-5-7-21/h3-15,23H,16H2,1-2H3/t23-/m1/s1. The van der Waals surface area contributed by atoms with Crippen molar-refractivity contribution in [3.63, 3.8) is 0 Å². The molecule has 0 spiro atoms. The molecule has 0 unspecified atom stereocenters. The molecule has 1 aliphatic heterocycles. The van der Waals surface area contributed by atoms with Gasteiger partial charge in [-0.05, 0) is 47.5 Å². The Kier molecular flexibility index (Phi) is 4.63. The Balaban J connectivity index is 1.70. The van der Waals surface area contributed by atoms with Crippen LogP contribution in [0.4, 0.5) is 15.8 Å². The lowest BCUT2D eigenvalue weighted by atomic mass is 9.98. The van der Waals surface area contributed by atoms with Gasteiger partial charge in [0.1, 0.15) is 5.82 Å². The molecular weight excluding hydrogens is 337 g/mol. The number of hydrogen-bond acceptors (Lipinski definition) is 3. The minimum atomic E-state index is -0.219. The number of hydrazone groups is 1. The number of benzene rings is 3. The molecule has 27 heavy (non-hydrogen) atoms. The van der Waals surface area contributed by atoms with Crippen molar-refractivity contribution in [1.29, 1.82) is 0 Å². The summed E-state index contributed by atoms with van der Waals surface area (Å²) < 4.78 is 13.4. The van der Waals surface area contributed by atoms with Gasteiger partial charge < -0.3 is 4.90 Å². The Morgan fingerprint density at radius 2 is 1.56 bits per heavy atom. The van der Waals surface area contributed by atoms with Crippen molar-refractivity contribution in [2.45, 2.75) is 12.5 Å². The molecule has 3 aromatic carbocycles. The van der Waals surface area contributed by atoms with Crippen LogP contribution in [0.25, 0.3) is 0 Å². The first-order valence-corrected chi connectivity index (χ1v) is 9.07. The van der Waals surface area contributed by atoms with Gasteiger partial charge in [0.05, 0.1) is 17.4 Å². The zero-order valence-corrected chi connectivity index (χ0v) is 15.5. The fraction of sp³-hybridized carbons (Fsp3) is 0.174. The van der Waals surface area contributed by atoms with E-state index in [-0.39, 0.29) is 11.9 Å². The molecule has 0 saturated carbocycles. The molecule has 1 aliphatic rings. The van der Waals surface area contributed by atoms with E-state index in [2.05, 4.69) is 41.3 Å². The van der Waals surface area contributed by atoms with Crippen molar-refractivity contribution in [2.24, 2.45) is 5.10 Å². The van der Waals surface area contributed by atoms with Gasteiger partial charge in [0.2, 0.25) is 0 Å². The van der Waals surface area contributed by atoms with Crippen LogP contribution in [0.5, 0.6) is 0 Å². The highest BCUT2D eigenvalue weighted by Gasteiger charge is 2.29. The van der Waals surface area contributed by atoms with Crippen LogP contribution in [0.2, 0.25) is 0 Å². The summed E-state index contributed by atoms with van der Waals surface area (Å²) in [5.41, 5.74) is 5.41. The average molecular weight is 359 g/mol. The summed E-state index contributed by atoms with van der Waals surface area (Å²) in [4.78, 5) is 2.08. The van der Waals surface area contributed by atoms with Crippen LogP contribution in [0.15, 0.2) is 84.0 Å². The van der Waals surface area contributed by atoms with Gasteiger partial charge in [0.25, 0.3) is 0 Å². The first-order chi connectivity index (χ1) is 13.1. The monoisotopic (exact) mass is 359 g/mol. The van der Waals surface area contributed by atoms with Crippen LogP contribution in [0, 0.1) is 5.82 Å². The number of rotatable bonds is 4. The summed E-state index contributed by atoms with van der Waals surface area (Å²) in [6.07, 6.45) is 0.780. The van der Waals surface area contributed by atoms with Gasteiger partial charge in [-0.25, -0.2) is 4.39 Å². The van der Waals surface area contributed by atoms with Gasteiger partial charge in [-0.2, -0.15) is 5.10 Å². The van der Waals surface area contributed by atoms with E-state index < -0.39 is 0 Å². The molecule has 0 bridgehead atoms. The number of hydrogen-bond donors (Lipinski definition) is 0. The molecule has 0 N–H and O–H groups in total. The highest BCUT2D eigenvalue weighted by molar-refractivity contribution is 6.03. The first kappa shape index (κ1) is 17.3. The van der Waals surface area contributed by atoms with Gasteiger partial charge in [-0.3, -0.25) is 5.01 Å². The number of para-hydroxylation sites is 1. The highest BCUT2D eigenvalue weighted by atomic mass is 19.1. The van der Waals surface area contributed by atoms with Crippen molar-refractivity contribution in [2.75, 3.05) is 24.0 Å². The second kappa shape index (κ2) is 7.23. The topological polar surface area (TPSA) is 18.8 Å². The largest absolute Gasteiger partial charge is 0.378 e. The summed E-state index contributed by atoms with van der Waals surface area (Å²) in [5.74, 6) is -0.219. The van der Waals surface area contributed by atoms with Gasteiger partial charge in [-0.15, -0.1) is 0 Å². The quantitative estimate of drug-likeness (QED) is 0.634. The third-order valence-corrected chi connectivity index (χ3v) is 4.90. The number of halogens is 1. The van der Waals surface area contributed by atoms with Crippen LogP contribution in [-0.2, 0) is 0 Å². The number of nitrogens with zero attached hydrogens (tertiary/aromatic N) is 3. The molecule has 0 radical (unpaired) electrons. The Morgan fingerprint density at radius 3 is 2.19 bits per heavy atom. The minimum absolute atomic E-state index is 0.0523. The molecule has 0 saturated heterocycles. The summed E-state index contributed by atoms with van der Waals surface area (Å²) >= 11 is 0.